The number of benzene rings is 1. The van der Waals surface area contributed by atoms with Gasteiger partial charge in [-0.1, -0.05) is 0 Å². The number of carbonyl (C=O) groups excluding carboxylic acids is 1. The number of nitrogens with zero attached hydrogens (tertiary/aromatic N) is 1. The SMILES string of the molecule is O=C(NC1CCC1)c1ccc2c(c1)C1C(CCN1C(=O)O)C(c1ccsc1)N2. The minimum Gasteiger partial charge on any atom is -0.465 e. The highest BCUT2D eigenvalue weighted by Crippen LogP contribution is 2.51. The molecule has 28 heavy (non-hydrogen) atoms. The highest BCUT2D eigenvalue weighted by molar-refractivity contribution is 7.08. The molecular formula is C21H23N3O3S. The molecule has 0 radical (unpaired) electrons. The fraction of sp³-hybridized carbons (Fsp3) is 0.429. The van der Waals surface area contributed by atoms with Gasteiger partial charge >= 0.3 is 6.09 Å². The van der Waals surface area contributed by atoms with E-state index in [2.05, 4.69) is 27.5 Å². The first-order chi connectivity index (χ1) is 13.6. The number of carboxylic acid groups (broad SMARTS) is 1. The van der Waals surface area contributed by atoms with Crippen molar-refractivity contribution in [2.45, 2.75) is 43.8 Å². The maximum atomic E-state index is 12.6. The summed E-state index contributed by atoms with van der Waals surface area (Å²) in [5.74, 6) is 0.0898. The molecule has 2 fully saturated rings. The molecule has 3 atom stereocenters. The van der Waals surface area contributed by atoms with Crippen LogP contribution in [0.15, 0.2) is 35.0 Å². The van der Waals surface area contributed by atoms with Crippen LogP contribution >= 0.6 is 11.3 Å². The van der Waals surface area contributed by atoms with Crippen molar-refractivity contribution in [1.82, 2.24) is 10.2 Å². The molecule has 2 aromatic rings. The summed E-state index contributed by atoms with van der Waals surface area (Å²) in [6, 6.07) is 7.90. The van der Waals surface area contributed by atoms with E-state index in [4.69, 9.17) is 0 Å². The van der Waals surface area contributed by atoms with Crippen LogP contribution in [0.4, 0.5) is 10.5 Å². The van der Waals surface area contributed by atoms with Crippen molar-refractivity contribution in [2.24, 2.45) is 5.92 Å². The van der Waals surface area contributed by atoms with Crippen molar-refractivity contribution >= 4 is 29.0 Å². The van der Waals surface area contributed by atoms with Crippen LogP contribution in [0.5, 0.6) is 0 Å². The van der Waals surface area contributed by atoms with E-state index in [1.165, 1.54) is 16.9 Å². The fourth-order valence-corrected chi connectivity index (χ4v) is 5.43. The van der Waals surface area contributed by atoms with Crippen molar-refractivity contribution in [3.63, 3.8) is 0 Å². The molecule has 0 spiro atoms. The molecule has 1 aliphatic carbocycles. The lowest BCUT2D eigenvalue weighted by molar-refractivity contribution is 0.0916. The Hall–Kier alpha value is -2.54. The van der Waals surface area contributed by atoms with Gasteiger partial charge in [-0.15, -0.1) is 0 Å². The Labute approximate surface area is 167 Å². The van der Waals surface area contributed by atoms with Gasteiger partial charge in [0, 0.05) is 29.8 Å². The van der Waals surface area contributed by atoms with Crippen LogP contribution in [0.2, 0.25) is 0 Å². The Kier molecular flexibility index (Phi) is 4.27. The van der Waals surface area contributed by atoms with Crippen molar-refractivity contribution in [2.75, 3.05) is 11.9 Å². The number of fused-ring (bicyclic) bond motifs is 3. The van der Waals surface area contributed by atoms with E-state index in [0.717, 1.165) is 30.5 Å². The van der Waals surface area contributed by atoms with Crippen LogP contribution in [0.25, 0.3) is 0 Å². The van der Waals surface area contributed by atoms with E-state index in [1.807, 2.05) is 18.2 Å². The molecule has 6 nitrogen and oxygen atoms in total. The van der Waals surface area contributed by atoms with E-state index < -0.39 is 6.09 Å². The minimum atomic E-state index is -0.895. The molecule has 7 heteroatoms. The first-order valence-electron chi connectivity index (χ1n) is 9.85. The Balaban J connectivity index is 1.52. The summed E-state index contributed by atoms with van der Waals surface area (Å²) in [7, 11) is 0. The smallest absolute Gasteiger partial charge is 0.407 e. The highest BCUT2D eigenvalue weighted by Gasteiger charge is 2.46. The molecule has 1 aromatic heterocycles. The quantitative estimate of drug-likeness (QED) is 0.724. The third-order valence-corrected chi connectivity index (χ3v) is 7.11. The summed E-state index contributed by atoms with van der Waals surface area (Å²) < 4.78 is 0. The Bertz CT molecular complexity index is 910. The predicted octanol–water partition coefficient (Wildman–Crippen LogP) is 4.24. The minimum absolute atomic E-state index is 0.0659. The molecule has 3 unspecified atom stereocenters. The van der Waals surface area contributed by atoms with Gasteiger partial charge in [0.2, 0.25) is 0 Å². The molecule has 3 heterocycles. The molecule has 1 saturated carbocycles. The first-order valence-corrected chi connectivity index (χ1v) is 10.8. The number of anilines is 1. The lowest BCUT2D eigenvalue weighted by Gasteiger charge is -2.39. The number of hydrogen-bond donors (Lipinski definition) is 3. The monoisotopic (exact) mass is 397 g/mol. The van der Waals surface area contributed by atoms with Gasteiger partial charge < -0.3 is 20.6 Å². The summed E-state index contributed by atoms with van der Waals surface area (Å²) in [4.78, 5) is 26.1. The highest BCUT2D eigenvalue weighted by atomic mass is 32.1. The van der Waals surface area contributed by atoms with Gasteiger partial charge in [0.15, 0.2) is 0 Å². The van der Waals surface area contributed by atoms with Crippen molar-refractivity contribution in [1.29, 1.82) is 0 Å². The Morgan fingerprint density at radius 3 is 2.75 bits per heavy atom. The maximum Gasteiger partial charge on any atom is 0.407 e. The average molecular weight is 398 g/mol. The summed E-state index contributed by atoms with van der Waals surface area (Å²) >= 11 is 1.65. The molecule has 0 bridgehead atoms. The standard InChI is InChI=1S/C21H23N3O3S/c25-20(22-14-2-1-3-14)12-4-5-17-16(10-12)19-15(6-8-24(19)21(26)27)18(23-17)13-7-9-28-11-13/h4-5,7,9-11,14-15,18-19,23H,1-3,6,8H2,(H,22,25)(H,26,27). The van der Waals surface area contributed by atoms with Crippen LogP contribution in [-0.4, -0.2) is 34.6 Å². The van der Waals surface area contributed by atoms with Crippen LogP contribution in [0.3, 0.4) is 0 Å². The first kappa shape index (κ1) is 17.6. The van der Waals surface area contributed by atoms with Gasteiger partial charge in [-0.3, -0.25) is 4.79 Å². The number of nitrogens with one attached hydrogen (secondary N) is 2. The topological polar surface area (TPSA) is 81.7 Å². The van der Waals surface area contributed by atoms with Crippen LogP contribution in [-0.2, 0) is 0 Å². The fourth-order valence-electron chi connectivity index (χ4n) is 4.74. The Morgan fingerprint density at radius 2 is 2.07 bits per heavy atom. The molecule has 1 saturated heterocycles. The van der Waals surface area contributed by atoms with Gasteiger partial charge in [-0.25, -0.2) is 4.79 Å². The van der Waals surface area contributed by atoms with Crippen LogP contribution in [0, 0.1) is 5.92 Å². The Morgan fingerprint density at radius 1 is 1.21 bits per heavy atom. The van der Waals surface area contributed by atoms with Crippen molar-refractivity contribution < 1.29 is 14.7 Å². The lowest BCUT2D eigenvalue weighted by Crippen LogP contribution is -2.40. The molecule has 3 N–H and O–H groups in total. The maximum absolute atomic E-state index is 12.6. The molecule has 1 aromatic carbocycles. The number of thiophene rings is 1. The second-order valence-corrected chi connectivity index (χ2v) is 8.74. The lowest BCUT2D eigenvalue weighted by atomic mass is 9.80. The van der Waals surface area contributed by atoms with Gasteiger partial charge in [-0.05, 0) is 71.8 Å². The zero-order valence-corrected chi connectivity index (χ0v) is 16.2. The third kappa shape index (κ3) is 2.85. The molecule has 2 amide bonds. The largest absolute Gasteiger partial charge is 0.465 e. The second-order valence-electron chi connectivity index (χ2n) is 7.96. The van der Waals surface area contributed by atoms with Crippen molar-refractivity contribution in [3.8, 4) is 0 Å². The normalized spacial score (nSPS) is 26.0. The van der Waals surface area contributed by atoms with Gasteiger partial charge in [0.05, 0.1) is 12.1 Å². The molecule has 3 aliphatic rings. The number of hydrogen-bond acceptors (Lipinski definition) is 4. The number of carbonyl (C=O) groups is 2. The summed E-state index contributed by atoms with van der Waals surface area (Å²) in [5.41, 5.74) is 3.64. The summed E-state index contributed by atoms with van der Waals surface area (Å²) in [6.45, 7) is 0.519. The average Bonchev–Trinajstić information content (AvgIpc) is 3.33. The van der Waals surface area contributed by atoms with E-state index in [0.29, 0.717) is 12.1 Å². The number of likely N-dealkylation sites (tertiary alicyclic amines) is 1. The van der Waals surface area contributed by atoms with Crippen LogP contribution < -0.4 is 10.6 Å². The van der Waals surface area contributed by atoms with Crippen LogP contribution in [0.1, 0.15) is 59.3 Å². The summed E-state index contributed by atoms with van der Waals surface area (Å²) in [5, 5.41) is 20.6. The summed E-state index contributed by atoms with van der Waals surface area (Å²) in [6.07, 6.45) is 3.16. The third-order valence-electron chi connectivity index (χ3n) is 6.40. The van der Waals surface area contributed by atoms with E-state index >= 15 is 0 Å². The van der Waals surface area contributed by atoms with Gasteiger partial charge in [0.1, 0.15) is 0 Å². The zero-order chi connectivity index (χ0) is 19.3. The molecular weight excluding hydrogens is 374 g/mol. The second kappa shape index (κ2) is 6.81. The predicted molar refractivity (Wildman–Crippen MR) is 108 cm³/mol. The van der Waals surface area contributed by atoms with Crippen molar-refractivity contribution in [3.05, 3.63) is 51.7 Å². The molecule has 5 rings (SSSR count). The van der Waals surface area contributed by atoms with E-state index in [-0.39, 0.29) is 30.0 Å². The van der Waals surface area contributed by atoms with Gasteiger partial charge in [0.25, 0.3) is 5.91 Å². The number of rotatable bonds is 3. The number of amides is 2. The van der Waals surface area contributed by atoms with Gasteiger partial charge in [-0.2, -0.15) is 11.3 Å². The van der Waals surface area contributed by atoms with E-state index in [1.54, 1.807) is 11.3 Å². The molecule has 2 aliphatic heterocycles. The van der Waals surface area contributed by atoms with E-state index in [9.17, 15) is 14.7 Å². The molecule has 146 valence electrons. The zero-order valence-electron chi connectivity index (χ0n) is 15.4.